The van der Waals surface area contributed by atoms with Crippen LogP contribution >= 0.6 is 0 Å². The van der Waals surface area contributed by atoms with Gasteiger partial charge in [-0.05, 0) is 38.0 Å². The van der Waals surface area contributed by atoms with Gasteiger partial charge in [0.05, 0.1) is 12.0 Å². The van der Waals surface area contributed by atoms with Crippen LogP contribution in [0.3, 0.4) is 0 Å². The molecule has 1 heterocycles. The zero-order valence-electron chi connectivity index (χ0n) is 16.8. The quantitative estimate of drug-likeness (QED) is 0.663. The van der Waals surface area contributed by atoms with Crippen molar-refractivity contribution in [2.24, 2.45) is 0 Å². The molecule has 0 N–H and O–H groups in total. The number of carbonyl (C=O) groups excluding carboxylic acids is 2. The van der Waals surface area contributed by atoms with Crippen molar-refractivity contribution in [2.75, 3.05) is 34.3 Å². The number of nitrogens with zero attached hydrogens (tertiary/aromatic N) is 2. The fourth-order valence-corrected chi connectivity index (χ4v) is 4.62. The Morgan fingerprint density at radius 3 is 2.25 bits per heavy atom. The van der Waals surface area contributed by atoms with Crippen LogP contribution in [0, 0.1) is 0 Å². The van der Waals surface area contributed by atoms with Gasteiger partial charge in [0.25, 0.3) is 5.91 Å². The third kappa shape index (κ3) is 5.02. The number of amides is 1. The molecule has 1 aromatic rings. The first-order chi connectivity index (χ1) is 13.2. The molecule has 0 bridgehead atoms. The van der Waals surface area contributed by atoms with E-state index in [2.05, 4.69) is 0 Å². The average molecular weight is 413 g/mol. The van der Waals surface area contributed by atoms with Gasteiger partial charge in [-0.3, -0.25) is 4.79 Å². The van der Waals surface area contributed by atoms with Crippen molar-refractivity contribution in [2.45, 2.75) is 43.6 Å². The fourth-order valence-electron chi connectivity index (χ4n) is 3.08. The molecule has 1 atom stereocenters. The van der Waals surface area contributed by atoms with E-state index < -0.39 is 22.1 Å². The van der Waals surface area contributed by atoms with E-state index in [1.165, 1.54) is 41.4 Å². The van der Waals surface area contributed by atoms with Crippen LogP contribution in [0.5, 0.6) is 5.75 Å². The number of ether oxygens (including phenoxy) is 2. The molecule has 1 aromatic carbocycles. The second-order valence-electron chi connectivity index (χ2n) is 6.96. The zero-order valence-corrected chi connectivity index (χ0v) is 17.6. The van der Waals surface area contributed by atoms with Gasteiger partial charge in [0, 0.05) is 27.2 Å². The molecule has 0 unspecified atom stereocenters. The lowest BCUT2D eigenvalue weighted by Crippen LogP contribution is -2.35. The molecule has 8 nitrogen and oxygen atoms in total. The number of benzene rings is 1. The largest absolute Gasteiger partial charge is 0.496 e. The maximum Gasteiger partial charge on any atom is 0.342 e. The molecule has 9 heteroatoms. The first kappa shape index (κ1) is 22.2. The molecule has 1 aliphatic heterocycles. The first-order valence-electron chi connectivity index (χ1n) is 9.29. The lowest BCUT2D eigenvalue weighted by molar-refractivity contribution is -0.137. The van der Waals surface area contributed by atoms with Gasteiger partial charge in [-0.15, -0.1) is 0 Å². The summed E-state index contributed by atoms with van der Waals surface area (Å²) in [7, 11) is 0.763. The Morgan fingerprint density at radius 2 is 1.71 bits per heavy atom. The molecule has 0 aliphatic carbocycles. The topological polar surface area (TPSA) is 93.2 Å². The smallest absolute Gasteiger partial charge is 0.342 e. The summed E-state index contributed by atoms with van der Waals surface area (Å²) in [6.07, 6.45) is 2.63. The standard InChI is InChI=1S/C19H28N2O6S/c1-14(18(22)20(2)3)27-19(23)16-13-15(9-10-17(16)26-4)28(24,25)21-11-7-5-6-8-12-21/h9-10,13-14H,5-8,11-12H2,1-4H3/t14-/m0/s1. The van der Waals surface area contributed by atoms with Crippen molar-refractivity contribution < 1.29 is 27.5 Å². The predicted molar refractivity (Wildman–Crippen MR) is 104 cm³/mol. The number of methoxy groups -OCH3 is 1. The lowest BCUT2D eigenvalue weighted by atomic mass is 10.2. The van der Waals surface area contributed by atoms with Gasteiger partial charge in [0.15, 0.2) is 6.10 Å². The number of carbonyl (C=O) groups is 2. The van der Waals surface area contributed by atoms with Gasteiger partial charge < -0.3 is 14.4 Å². The molecule has 0 radical (unpaired) electrons. The third-order valence-corrected chi connectivity index (χ3v) is 6.56. The van der Waals surface area contributed by atoms with Crippen molar-refractivity contribution in [3.8, 4) is 5.75 Å². The molecule has 0 spiro atoms. The second-order valence-corrected chi connectivity index (χ2v) is 8.90. The van der Waals surface area contributed by atoms with E-state index in [-0.39, 0.29) is 22.1 Å². The third-order valence-electron chi connectivity index (χ3n) is 4.67. The predicted octanol–water partition coefficient (Wildman–Crippen LogP) is 1.89. The molecular formula is C19H28N2O6S. The highest BCUT2D eigenvalue weighted by Gasteiger charge is 2.28. The second kappa shape index (κ2) is 9.38. The summed E-state index contributed by atoms with van der Waals surface area (Å²) in [6, 6.07) is 4.11. The maximum atomic E-state index is 13.0. The van der Waals surface area contributed by atoms with E-state index in [4.69, 9.17) is 9.47 Å². The minimum absolute atomic E-state index is 0.00809. The van der Waals surface area contributed by atoms with Gasteiger partial charge in [-0.1, -0.05) is 12.8 Å². The summed E-state index contributed by atoms with van der Waals surface area (Å²) in [5, 5.41) is 0. The summed E-state index contributed by atoms with van der Waals surface area (Å²) < 4.78 is 37.9. The highest BCUT2D eigenvalue weighted by Crippen LogP contribution is 2.27. The molecule has 0 saturated carbocycles. The number of hydrogen-bond donors (Lipinski definition) is 0. The van der Waals surface area contributed by atoms with E-state index in [0.29, 0.717) is 13.1 Å². The Morgan fingerprint density at radius 1 is 1.11 bits per heavy atom. The van der Waals surface area contributed by atoms with E-state index in [0.717, 1.165) is 25.7 Å². The normalized spacial score (nSPS) is 16.7. The number of hydrogen-bond acceptors (Lipinski definition) is 6. The van der Waals surface area contributed by atoms with E-state index >= 15 is 0 Å². The Kier molecular flexibility index (Phi) is 7.42. The summed E-state index contributed by atoms with van der Waals surface area (Å²) in [5.74, 6) is -1.00. The van der Waals surface area contributed by atoms with Crippen molar-refractivity contribution >= 4 is 21.9 Å². The maximum absolute atomic E-state index is 13.0. The summed E-state index contributed by atoms with van der Waals surface area (Å²) in [4.78, 5) is 25.9. The summed E-state index contributed by atoms with van der Waals surface area (Å²) >= 11 is 0. The minimum atomic E-state index is -3.73. The van der Waals surface area contributed by atoms with Crippen LogP contribution < -0.4 is 4.74 Å². The summed E-state index contributed by atoms with van der Waals surface area (Å²) in [5.41, 5.74) is -0.0307. The van der Waals surface area contributed by atoms with E-state index in [9.17, 15) is 18.0 Å². The summed E-state index contributed by atoms with van der Waals surface area (Å²) in [6.45, 7) is 2.38. The van der Waals surface area contributed by atoms with Crippen molar-refractivity contribution in [3.63, 3.8) is 0 Å². The zero-order chi connectivity index (χ0) is 20.9. The SMILES string of the molecule is COc1ccc(S(=O)(=O)N2CCCCCC2)cc1C(=O)O[C@@H](C)C(=O)N(C)C. The first-order valence-corrected chi connectivity index (χ1v) is 10.7. The van der Waals surface area contributed by atoms with Crippen LogP contribution in [-0.4, -0.2) is 69.9 Å². The Hall–Kier alpha value is -2.13. The number of sulfonamides is 1. The van der Waals surface area contributed by atoms with Gasteiger partial charge >= 0.3 is 5.97 Å². The Labute approximate surface area is 166 Å². The molecule has 1 saturated heterocycles. The Bertz CT molecular complexity index is 814. The number of esters is 1. The molecule has 2 rings (SSSR count). The van der Waals surface area contributed by atoms with Gasteiger partial charge in [0.2, 0.25) is 10.0 Å². The minimum Gasteiger partial charge on any atom is -0.496 e. The monoisotopic (exact) mass is 412 g/mol. The van der Waals surface area contributed by atoms with Crippen LogP contribution in [0.15, 0.2) is 23.1 Å². The number of rotatable bonds is 6. The molecule has 1 aliphatic rings. The van der Waals surface area contributed by atoms with Crippen molar-refractivity contribution in [3.05, 3.63) is 23.8 Å². The average Bonchev–Trinajstić information content (AvgIpc) is 2.96. The van der Waals surface area contributed by atoms with E-state index in [1.807, 2.05) is 0 Å². The fraction of sp³-hybridized carbons (Fsp3) is 0.579. The molecule has 0 aromatic heterocycles. The van der Waals surface area contributed by atoms with E-state index in [1.54, 1.807) is 14.1 Å². The van der Waals surface area contributed by atoms with Gasteiger partial charge in [-0.25, -0.2) is 13.2 Å². The lowest BCUT2D eigenvalue weighted by Gasteiger charge is -2.21. The van der Waals surface area contributed by atoms with Crippen LogP contribution in [0.4, 0.5) is 0 Å². The van der Waals surface area contributed by atoms with Crippen LogP contribution in [-0.2, 0) is 19.6 Å². The van der Waals surface area contributed by atoms with Crippen molar-refractivity contribution in [1.82, 2.24) is 9.21 Å². The molecule has 28 heavy (non-hydrogen) atoms. The van der Waals surface area contributed by atoms with Crippen LogP contribution in [0.25, 0.3) is 0 Å². The molecule has 156 valence electrons. The molecule has 1 amide bonds. The van der Waals surface area contributed by atoms with Crippen LogP contribution in [0.1, 0.15) is 43.0 Å². The van der Waals surface area contributed by atoms with Crippen LogP contribution in [0.2, 0.25) is 0 Å². The van der Waals surface area contributed by atoms with Gasteiger partial charge in [-0.2, -0.15) is 4.31 Å². The molecule has 1 fully saturated rings. The molecular weight excluding hydrogens is 384 g/mol. The highest BCUT2D eigenvalue weighted by molar-refractivity contribution is 7.89. The Balaban J connectivity index is 2.32. The highest BCUT2D eigenvalue weighted by atomic mass is 32.2. The van der Waals surface area contributed by atoms with Gasteiger partial charge in [0.1, 0.15) is 11.3 Å². The number of likely N-dealkylation sites (N-methyl/N-ethyl adjacent to an activating group) is 1. The van der Waals surface area contributed by atoms with Crippen molar-refractivity contribution in [1.29, 1.82) is 0 Å².